The van der Waals surface area contributed by atoms with Crippen LogP contribution < -0.4 is 0 Å². The first-order valence-electron chi connectivity index (χ1n) is 8.77. The van der Waals surface area contributed by atoms with Gasteiger partial charge in [0.1, 0.15) is 5.76 Å². The van der Waals surface area contributed by atoms with Gasteiger partial charge in [0.15, 0.2) is 0 Å². The average Bonchev–Trinajstić information content (AvgIpc) is 3.00. The van der Waals surface area contributed by atoms with E-state index in [2.05, 4.69) is 0 Å². The van der Waals surface area contributed by atoms with Gasteiger partial charge in [0.25, 0.3) is 5.91 Å². The Labute approximate surface area is 149 Å². The second-order valence-electron chi connectivity index (χ2n) is 6.87. The largest absolute Gasteiger partial charge is 0.469 e. The Morgan fingerprint density at radius 2 is 1.96 bits per heavy atom. The molecule has 0 N–H and O–H groups in total. The van der Waals surface area contributed by atoms with E-state index in [0.29, 0.717) is 50.5 Å². The lowest BCUT2D eigenvalue weighted by atomic mass is 10.0. The first-order chi connectivity index (χ1) is 11.9. The predicted molar refractivity (Wildman–Crippen MR) is 92.9 cm³/mol. The molecule has 0 radical (unpaired) electrons. The van der Waals surface area contributed by atoms with Gasteiger partial charge in [-0.05, 0) is 38.7 Å². The fraction of sp³-hybridized carbons (Fsp3) is 0.706. The summed E-state index contributed by atoms with van der Waals surface area (Å²) in [5.74, 6) is 0.507. The third-order valence-corrected chi connectivity index (χ3v) is 6.43. The van der Waals surface area contributed by atoms with E-state index in [0.717, 1.165) is 12.8 Å². The van der Waals surface area contributed by atoms with Crippen LogP contribution in [0.1, 0.15) is 41.8 Å². The molecule has 140 valence electrons. The van der Waals surface area contributed by atoms with Crippen molar-refractivity contribution in [3.63, 3.8) is 0 Å². The molecule has 2 saturated heterocycles. The van der Waals surface area contributed by atoms with E-state index in [1.54, 1.807) is 22.2 Å². The van der Waals surface area contributed by atoms with Gasteiger partial charge in [-0.3, -0.25) is 4.79 Å². The lowest BCUT2D eigenvalue weighted by molar-refractivity contribution is 0.0342. The Hall–Kier alpha value is -1.38. The second-order valence-corrected chi connectivity index (χ2v) is 8.76. The number of amides is 1. The number of sulfonamides is 1. The van der Waals surface area contributed by atoms with E-state index in [1.807, 2.05) is 0 Å². The maximum absolute atomic E-state index is 12.8. The lowest BCUT2D eigenvalue weighted by Crippen LogP contribution is -2.55. The van der Waals surface area contributed by atoms with Crippen LogP contribution in [0.4, 0.5) is 0 Å². The number of carbonyl (C=O) groups is 1. The number of aryl methyl sites for hydroxylation is 1. The van der Waals surface area contributed by atoms with Gasteiger partial charge in [-0.2, -0.15) is 4.31 Å². The molecule has 0 aromatic carbocycles. The van der Waals surface area contributed by atoms with Crippen molar-refractivity contribution in [2.24, 2.45) is 0 Å². The molecule has 1 unspecified atom stereocenters. The average molecular weight is 370 g/mol. The third kappa shape index (κ3) is 4.07. The second kappa shape index (κ2) is 7.47. The smallest absolute Gasteiger partial charge is 0.257 e. The van der Waals surface area contributed by atoms with Crippen LogP contribution in [0.2, 0.25) is 0 Å². The summed E-state index contributed by atoms with van der Waals surface area (Å²) in [6, 6.07) is 1.45. The summed E-state index contributed by atoms with van der Waals surface area (Å²) >= 11 is 0. The van der Waals surface area contributed by atoms with Gasteiger partial charge in [-0.15, -0.1) is 0 Å². The summed E-state index contributed by atoms with van der Waals surface area (Å²) in [7, 11) is -3.35. The van der Waals surface area contributed by atoms with Gasteiger partial charge >= 0.3 is 0 Å². The maximum atomic E-state index is 12.8. The number of rotatable bonds is 4. The molecule has 1 aromatic heterocycles. The summed E-state index contributed by atoms with van der Waals surface area (Å²) in [5, 5.41) is 0. The van der Waals surface area contributed by atoms with Gasteiger partial charge in [0, 0.05) is 38.4 Å². The van der Waals surface area contributed by atoms with Gasteiger partial charge in [0.2, 0.25) is 10.0 Å². The van der Waals surface area contributed by atoms with Gasteiger partial charge in [-0.25, -0.2) is 8.42 Å². The number of piperidine rings is 1. The van der Waals surface area contributed by atoms with Crippen LogP contribution in [0.15, 0.2) is 16.7 Å². The van der Waals surface area contributed by atoms with E-state index in [9.17, 15) is 13.2 Å². The first-order valence-corrected chi connectivity index (χ1v) is 10.6. The molecule has 0 bridgehead atoms. The number of nitrogens with zero attached hydrogens (tertiary/aromatic N) is 2. The highest BCUT2D eigenvalue weighted by Crippen LogP contribution is 2.27. The first kappa shape index (κ1) is 18.4. The van der Waals surface area contributed by atoms with Crippen LogP contribution in [-0.4, -0.2) is 68.2 Å². The molecule has 2 fully saturated rings. The highest BCUT2D eigenvalue weighted by molar-refractivity contribution is 7.88. The fourth-order valence-corrected chi connectivity index (χ4v) is 5.37. The quantitative estimate of drug-likeness (QED) is 0.805. The minimum absolute atomic E-state index is 0.0422. The van der Waals surface area contributed by atoms with Crippen LogP contribution in [0, 0.1) is 6.92 Å². The topological polar surface area (TPSA) is 80.1 Å². The number of likely N-dealkylation sites (tertiary alicyclic amines) is 1. The van der Waals surface area contributed by atoms with Crippen molar-refractivity contribution in [1.29, 1.82) is 0 Å². The molecule has 3 heterocycles. The molecular formula is C17H26N2O5S. The van der Waals surface area contributed by atoms with Crippen molar-refractivity contribution in [2.75, 3.05) is 32.6 Å². The number of carbonyl (C=O) groups excluding carboxylic acids is 1. The molecule has 0 saturated carbocycles. The molecule has 1 atom stereocenters. The Morgan fingerprint density at radius 3 is 2.56 bits per heavy atom. The van der Waals surface area contributed by atoms with Crippen molar-refractivity contribution < 1.29 is 22.4 Å². The van der Waals surface area contributed by atoms with Crippen molar-refractivity contribution in [1.82, 2.24) is 9.21 Å². The molecule has 2 aliphatic heterocycles. The summed E-state index contributed by atoms with van der Waals surface area (Å²) in [6.07, 6.45) is 5.76. The SMILES string of the molecule is Cc1occc1C(=O)N1CCCC(N(C2CCOCC2)S(C)(=O)=O)C1. The minimum atomic E-state index is -3.35. The molecule has 8 heteroatoms. The van der Waals surface area contributed by atoms with E-state index in [4.69, 9.17) is 9.15 Å². The van der Waals surface area contributed by atoms with Gasteiger partial charge in [0.05, 0.1) is 18.1 Å². The van der Waals surface area contributed by atoms with Crippen LogP contribution in [0.5, 0.6) is 0 Å². The summed E-state index contributed by atoms with van der Waals surface area (Å²) in [4.78, 5) is 14.5. The highest BCUT2D eigenvalue weighted by Gasteiger charge is 2.38. The van der Waals surface area contributed by atoms with E-state index in [1.165, 1.54) is 12.5 Å². The Kier molecular flexibility index (Phi) is 5.50. The summed E-state index contributed by atoms with van der Waals surface area (Å²) < 4.78 is 37.2. The molecular weight excluding hydrogens is 344 g/mol. The zero-order valence-corrected chi connectivity index (χ0v) is 15.6. The summed E-state index contributed by atoms with van der Waals surface area (Å²) in [5.41, 5.74) is 0.553. The van der Waals surface area contributed by atoms with Crippen LogP contribution in [0.25, 0.3) is 0 Å². The molecule has 0 spiro atoms. The van der Waals surface area contributed by atoms with Crippen molar-refractivity contribution in [3.05, 3.63) is 23.7 Å². The maximum Gasteiger partial charge on any atom is 0.257 e. The lowest BCUT2D eigenvalue weighted by Gasteiger charge is -2.42. The molecule has 1 aromatic rings. The third-order valence-electron chi connectivity index (χ3n) is 5.07. The van der Waals surface area contributed by atoms with E-state index >= 15 is 0 Å². The van der Waals surface area contributed by atoms with Crippen molar-refractivity contribution >= 4 is 15.9 Å². The molecule has 7 nitrogen and oxygen atoms in total. The molecule has 1 amide bonds. The zero-order chi connectivity index (χ0) is 18.0. The highest BCUT2D eigenvalue weighted by atomic mass is 32.2. The number of hydrogen-bond acceptors (Lipinski definition) is 5. The molecule has 3 rings (SSSR count). The predicted octanol–water partition coefficient (Wildman–Crippen LogP) is 1.63. The Morgan fingerprint density at radius 1 is 1.24 bits per heavy atom. The van der Waals surface area contributed by atoms with E-state index in [-0.39, 0.29) is 18.0 Å². The monoisotopic (exact) mass is 370 g/mol. The molecule has 25 heavy (non-hydrogen) atoms. The Balaban J connectivity index is 1.78. The van der Waals surface area contributed by atoms with Crippen molar-refractivity contribution in [2.45, 2.75) is 44.7 Å². The Bertz CT molecular complexity index is 708. The minimum Gasteiger partial charge on any atom is -0.469 e. The van der Waals surface area contributed by atoms with Crippen LogP contribution in [0.3, 0.4) is 0 Å². The van der Waals surface area contributed by atoms with Gasteiger partial charge < -0.3 is 14.1 Å². The normalized spacial score (nSPS) is 23.2. The summed E-state index contributed by atoms with van der Waals surface area (Å²) in [6.45, 7) is 4.00. The fourth-order valence-electron chi connectivity index (χ4n) is 3.90. The van der Waals surface area contributed by atoms with Crippen molar-refractivity contribution in [3.8, 4) is 0 Å². The van der Waals surface area contributed by atoms with Crippen LogP contribution >= 0.6 is 0 Å². The zero-order valence-electron chi connectivity index (χ0n) is 14.8. The van der Waals surface area contributed by atoms with Crippen LogP contribution in [-0.2, 0) is 14.8 Å². The van der Waals surface area contributed by atoms with E-state index < -0.39 is 10.0 Å². The number of furan rings is 1. The molecule has 2 aliphatic rings. The standard InChI is InChI=1S/C17H26N2O5S/c1-13-16(7-11-24-13)17(20)18-8-3-4-15(12-18)19(25(2,21)22)14-5-9-23-10-6-14/h7,11,14-15H,3-6,8-10,12H2,1-2H3. The van der Waals surface area contributed by atoms with Gasteiger partial charge in [-0.1, -0.05) is 0 Å². The number of hydrogen-bond donors (Lipinski definition) is 0. The number of ether oxygens (including phenoxy) is 1. The molecule has 0 aliphatic carbocycles.